The number of carbonyl (C=O) groups excluding carboxylic acids is 1. The molecule has 0 radical (unpaired) electrons. The van der Waals surface area contributed by atoms with Gasteiger partial charge in [-0.1, -0.05) is 32.4 Å². The van der Waals surface area contributed by atoms with Crippen LogP contribution >= 0.6 is 11.6 Å². The van der Waals surface area contributed by atoms with Crippen molar-refractivity contribution in [2.24, 2.45) is 5.41 Å². The van der Waals surface area contributed by atoms with E-state index < -0.39 is 11.6 Å². The van der Waals surface area contributed by atoms with Gasteiger partial charge in [-0.2, -0.15) is 0 Å². The standard InChI is InChI=1S/C20H20ClF2N3O/c1-20(2,3)10-18(27)25-19-15(21)9-17-16(24-19)4-5-26(17)11-12-6-13(22)8-14(23)7-12/h4-9H,10-11H2,1-3H3,(H,24,25,27). The summed E-state index contributed by atoms with van der Waals surface area (Å²) in [5.74, 6) is -1.11. The highest BCUT2D eigenvalue weighted by molar-refractivity contribution is 6.34. The van der Waals surface area contributed by atoms with E-state index in [4.69, 9.17) is 11.6 Å². The minimum Gasteiger partial charge on any atom is -0.342 e. The zero-order valence-corrected chi connectivity index (χ0v) is 16.1. The first kappa shape index (κ1) is 19.3. The van der Waals surface area contributed by atoms with E-state index in [1.54, 1.807) is 22.9 Å². The van der Waals surface area contributed by atoms with E-state index in [-0.39, 0.29) is 17.9 Å². The number of amides is 1. The Labute approximate surface area is 161 Å². The SMILES string of the molecule is CC(C)(C)CC(=O)Nc1nc2ccn(Cc3cc(F)cc(F)c3)c2cc1Cl. The molecule has 1 N–H and O–H groups in total. The number of carbonyl (C=O) groups is 1. The average molecular weight is 392 g/mol. The van der Waals surface area contributed by atoms with Gasteiger partial charge in [0.2, 0.25) is 5.91 Å². The van der Waals surface area contributed by atoms with Crippen molar-refractivity contribution in [3.63, 3.8) is 0 Å². The summed E-state index contributed by atoms with van der Waals surface area (Å²) in [7, 11) is 0. The predicted molar refractivity (Wildman–Crippen MR) is 103 cm³/mol. The van der Waals surface area contributed by atoms with E-state index in [1.807, 2.05) is 20.8 Å². The van der Waals surface area contributed by atoms with Gasteiger partial charge in [0.25, 0.3) is 0 Å². The van der Waals surface area contributed by atoms with Gasteiger partial charge >= 0.3 is 0 Å². The summed E-state index contributed by atoms with van der Waals surface area (Å²) in [6.07, 6.45) is 2.10. The van der Waals surface area contributed by atoms with Crippen molar-refractivity contribution in [1.82, 2.24) is 9.55 Å². The predicted octanol–water partition coefficient (Wildman–Crippen LogP) is 5.39. The van der Waals surface area contributed by atoms with Crippen molar-refractivity contribution in [3.8, 4) is 0 Å². The van der Waals surface area contributed by atoms with Crippen LogP contribution in [0.25, 0.3) is 11.0 Å². The molecule has 0 bridgehead atoms. The fourth-order valence-corrected chi connectivity index (χ4v) is 3.06. The highest BCUT2D eigenvalue weighted by Crippen LogP contribution is 2.27. The molecule has 4 nitrogen and oxygen atoms in total. The second-order valence-electron chi connectivity index (χ2n) is 7.73. The largest absolute Gasteiger partial charge is 0.342 e. The Hall–Kier alpha value is -2.47. The molecule has 1 aromatic carbocycles. The summed E-state index contributed by atoms with van der Waals surface area (Å²) >= 11 is 6.29. The molecule has 27 heavy (non-hydrogen) atoms. The molecule has 142 valence electrons. The van der Waals surface area contributed by atoms with Gasteiger partial charge in [-0.3, -0.25) is 4.79 Å². The number of rotatable bonds is 4. The van der Waals surface area contributed by atoms with Crippen molar-refractivity contribution in [2.45, 2.75) is 33.7 Å². The topological polar surface area (TPSA) is 46.9 Å². The molecule has 0 saturated heterocycles. The molecule has 1 amide bonds. The quantitative estimate of drug-likeness (QED) is 0.648. The van der Waals surface area contributed by atoms with E-state index in [0.717, 1.165) is 6.07 Å². The van der Waals surface area contributed by atoms with Gasteiger partial charge < -0.3 is 9.88 Å². The number of nitrogens with zero attached hydrogens (tertiary/aromatic N) is 2. The normalized spacial score (nSPS) is 11.8. The van der Waals surface area contributed by atoms with Crippen LogP contribution in [0.4, 0.5) is 14.6 Å². The second-order valence-corrected chi connectivity index (χ2v) is 8.14. The summed E-state index contributed by atoms with van der Waals surface area (Å²) in [4.78, 5) is 16.5. The molecule has 2 aromatic heterocycles. The summed E-state index contributed by atoms with van der Waals surface area (Å²) < 4.78 is 28.6. The van der Waals surface area contributed by atoms with Crippen molar-refractivity contribution < 1.29 is 13.6 Å². The Morgan fingerprint density at radius 3 is 2.48 bits per heavy atom. The first-order valence-corrected chi connectivity index (χ1v) is 8.89. The Balaban J connectivity index is 1.87. The molecule has 0 fully saturated rings. The first-order chi connectivity index (χ1) is 12.6. The molecular formula is C20H20ClF2N3O. The highest BCUT2D eigenvalue weighted by Gasteiger charge is 2.18. The molecule has 2 heterocycles. The van der Waals surface area contributed by atoms with Crippen LogP contribution in [0.1, 0.15) is 32.8 Å². The van der Waals surface area contributed by atoms with Crippen LogP contribution in [0.3, 0.4) is 0 Å². The van der Waals surface area contributed by atoms with E-state index in [2.05, 4.69) is 10.3 Å². The minimum atomic E-state index is -0.624. The number of aromatic nitrogens is 2. The minimum absolute atomic E-state index is 0.149. The molecule has 0 spiro atoms. The van der Waals surface area contributed by atoms with Crippen LogP contribution in [-0.2, 0) is 11.3 Å². The zero-order valence-electron chi connectivity index (χ0n) is 15.3. The van der Waals surface area contributed by atoms with Gasteiger partial charge in [0.1, 0.15) is 11.6 Å². The number of halogens is 3. The summed E-state index contributed by atoms with van der Waals surface area (Å²) in [6, 6.07) is 6.85. The third kappa shape index (κ3) is 4.83. The molecule has 0 aliphatic rings. The third-order valence-corrected chi connectivity index (χ3v) is 4.22. The average Bonchev–Trinajstić information content (AvgIpc) is 2.86. The van der Waals surface area contributed by atoms with E-state index in [0.29, 0.717) is 33.9 Å². The van der Waals surface area contributed by atoms with E-state index >= 15 is 0 Å². The molecule has 0 unspecified atom stereocenters. The van der Waals surface area contributed by atoms with Crippen molar-refractivity contribution >= 4 is 34.4 Å². The molecule has 3 rings (SSSR count). The lowest BCUT2D eigenvalue weighted by Crippen LogP contribution is -2.20. The zero-order chi connectivity index (χ0) is 19.8. The van der Waals surface area contributed by atoms with Gasteiger partial charge in [0.15, 0.2) is 5.82 Å². The first-order valence-electron chi connectivity index (χ1n) is 8.51. The van der Waals surface area contributed by atoms with Gasteiger partial charge in [-0.15, -0.1) is 0 Å². The lowest BCUT2D eigenvalue weighted by molar-refractivity contribution is -0.117. The summed E-state index contributed by atoms with van der Waals surface area (Å²) in [6.45, 7) is 6.19. The molecule has 3 aromatic rings. The Bertz CT molecular complexity index is 988. The lowest BCUT2D eigenvalue weighted by atomic mass is 9.92. The fraction of sp³-hybridized carbons (Fsp3) is 0.300. The highest BCUT2D eigenvalue weighted by atomic mass is 35.5. The van der Waals surface area contributed by atoms with Crippen LogP contribution in [0.5, 0.6) is 0 Å². The van der Waals surface area contributed by atoms with Crippen LogP contribution in [0.15, 0.2) is 36.5 Å². The number of nitrogens with one attached hydrogen (secondary N) is 1. The number of benzene rings is 1. The molecule has 0 atom stereocenters. The molecule has 0 aliphatic heterocycles. The van der Waals surface area contributed by atoms with Crippen molar-refractivity contribution in [1.29, 1.82) is 0 Å². The second kappa shape index (κ2) is 7.27. The maximum Gasteiger partial charge on any atom is 0.226 e. The Kier molecular flexibility index (Phi) is 5.20. The number of hydrogen-bond donors (Lipinski definition) is 1. The number of hydrogen-bond acceptors (Lipinski definition) is 2. The van der Waals surface area contributed by atoms with Gasteiger partial charge in [-0.25, -0.2) is 13.8 Å². The summed E-state index contributed by atoms with van der Waals surface area (Å²) in [5.41, 5.74) is 1.68. The van der Waals surface area contributed by atoms with Gasteiger partial charge in [0, 0.05) is 25.2 Å². The Morgan fingerprint density at radius 1 is 1.19 bits per heavy atom. The van der Waals surface area contributed by atoms with E-state index in [9.17, 15) is 13.6 Å². The Morgan fingerprint density at radius 2 is 1.85 bits per heavy atom. The molecule has 7 heteroatoms. The monoisotopic (exact) mass is 391 g/mol. The maximum absolute atomic E-state index is 13.4. The number of anilines is 1. The van der Waals surface area contributed by atoms with Gasteiger partial charge in [0.05, 0.1) is 16.1 Å². The van der Waals surface area contributed by atoms with Crippen molar-refractivity contribution in [3.05, 3.63) is 58.7 Å². The lowest BCUT2D eigenvalue weighted by Gasteiger charge is -2.17. The van der Waals surface area contributed by atoms with Crippen molar-refractivity contribution in [2.75, 3.05) is 5.32 Å². The molecule has 0 saturated carbocycles. The van der Waals surface area contributed by atoms with Crippen LogP contribution in [-0.4, -0.2) is 15.5 Å². The maximum atomic E-state index is 13.4. The number of pyridine rings is 1. The molecule has 0 aliphatic carbocycles. The smallest absolute Gasteiger partial charge is 0.226 e. The van der Waals surface area contributed by atoms with Gasteiger partial charge in [-0.05, 0) is 35.2 Å². The number of fused-ring (bicyclic) bond motifs is 1. The van der Waals surface area contributed by atoms with Crippen LogP contribution in [0.2, 0.25) is 5.02 Å². The summed E-state index contributed by atoms with van der Waals surface area (Å²) in [5, 5.41) is 3.04. The van der Waals surface area contributed by atoms with Crippen LogP contribution in [0, 0.1) is 17.0 Å². The van der Waals surface area contributed by atoms with E-state index in [1.165, 1.54) is 12.1 Å². The third-order valence-electron chi connectivity index (χ3n) is 3.93. The molecular weight excluding hydrogens is 372 g/mol. The van der Waals surface area contributed by atoms with Crippen LogP contribution < -0.4 is 5.32 Å². The fourth-order valence-electron chi connectivity index (χ4n) is 2.87.